The van der Waals surface area contributed by atoms with Gasteiger partial charge < -0.3 is 14.8 Å². The van der Waals surface area contributed by atoms with E-state index in [4.69, 9.17) is 14.7 Å². The number of hydrogen-bond donors (Lipinski definition) is 1. The Balaban J connectivity index is 1.82. The quantitative estimate of drug-likeness (QED) is 0.745. The number of carbonyl (C=O) groups excluding carboxylic acids is 1. The highest BCUT2D eigenvalue weighted by molar-refractivity contribution is 5.92. The molecule has 0 fully saturated rings. The van der Waals surface area contributed by atoms with Crippen molar-refractivity contribution < 1.29 is 14.3 Å². The Morgan fingerprint density at radius 3 is 2.83 bits per heavy atom. The minimum Gasteiger partial charge on any atom is -0.486 e. The summed E-state index contributed by atoms with van der Waals surface area (Å²) in [5, 5.41) is 11.4. The standard InChI is InChI=1S/C17H23N3O3/c1-2-20(9-5-3-4-8-18)13-17(21)19-14-6-7-15-16(12-14)23-11-10-22-15/h6-7,12H,2-5,9-11,13H2,1H3,(H,19,21). The second-order valence-corrected chi connectivity index (χ2v) is 5.39. The van der Waals surface area contributed by atoms with Crippen LogP contribution in [-0.2, 0) is 4.79 Å². The highest BCUT2D eigenvalue weighted by atomic mass is 16.6. The molecule has 1 aromatic rings. The van der Waals surface area contributed by atoms with Gasteiger partial charge in [0.15, 0.2) is 11.5 Å². The summed E-state index contributed by atoms with van der Waals surface area (Å²) in [5.41, 5.74) is 0.708. The van der Waals surface area contributed by atoms with Crippen LogP contribution in [0.3, 0.4) is 0 Å². The first kappa shape index (κ1) is 17.1. The predicted molar refractivity (Wildman–Crippen MR) is 87.6 cm³/mol. The molecule has 6 heteroatoms. The van der Waals surface area contributed by atoms with Gasteiger partial charge in [-0.3, -0.25) is 9.69 Å². The molecule has 2 rings (SSSR count). The zero-order valence-corrected chi connectivity index (χ0v) is 13.5. The molecule has 0 bridgehead atoms. The number of nitrogens with one attached hydrogen (secondary N) is 1. The number of amides is 1. The monoisotopic (exact) mass is 317 g/mol. The van der Waals surface area contributed by atoms with Gasteiger partial charge in [0.1, 0.15) is 13.2 Å². The number of unbranched alkanes of at least 4 members (excludes halogenated alkanes) is 2. The fourth-order valence-electron chi connectivity index (χ4n) is 2.41. The van der Waals surface area contributed by atoms with Crippen molar-refractivity contribution >= 4 is 11.6 Å². The molecular formula is C17H23N3O3. The summed E-state index contributed by atoms with van der Waals surface area (Å²) >= 11 is 0. The highest BCUT2D eigenvalue weighted by Gasteiger charge is 2.14. The third kappa shape index (κ3) is 5.46. The van der Waals surface area contributed by atoms with Gasteiger partial charge in [-0.1, -0.05) is 6.92 Å². The SMILES string of the molecule is CCN(CCCCC#N)CC(=O)Nc1ccc2c(c1)OCCO2. The largest absolute Gasteiger partial charge is 0.486 e. The van der Waals surface area contributed by atoms with Crippen molar-refractivity contribution in [2.75, 3.05) is 38.2 Å². The van der Waals surface area contributed by atoms with Gasteiger partial charge in [0.2, 0.25) is 5.91 Å². The van der Waals surface area contributed by atoms with Crippen molar-refractivity contribution in [3.63, 3.8) is 0 Å². The van der Waals surface area contributed by atoms with Gasteiger partial charge in [-0.15, -0.1) is 0 Å². The molecule has 124 valence electrons. The van der Waals surface area contributed by atoms with Crippen LogP contribution >= 0.6 is 0 Å². The van der Waals surface area contributed by atoms with Gasteiger partial charge in [0.25, 0.3) is 0 Å². The van der Waals surface area contributed by atoms with E-state index in [0.717, 1.165) is 25.9 Å². The van der Waals surface area contributed by atoms with Gasteiger partial charge in [0.05, 0.1) is 12.6 Å². The van der Waals surface area contributed by atoms with E-state index >= 15 is 0 Å². The van der Waals surface area contributed by atoms with E-state index in [1.54, 1.807) is 6.07 Å². The number of ether oxygens (including phenoxy) is 2. The zero-order chi connectivity index (χ0) is 16.5. The van der Waals surface area contributed by atoms with Crippen LogP contribution in [0, 0.1) is 11.3 Å². The molecule has 6 nitrogen and oxygen atoms in total. The molecule has 0 aromatic heterocycles. The highest BCUT2D eigenvalue weighted by Crippen LogP contribution is 2.32. The number of fused-ring (bicyclic) bond motifs is 1. The second kappa shape index (κ2) is 9.01. The van der Waals surface area contributed by atoms with E-state index in [-0.39, 0.29) is 5.91 Å². The van der Waals surface area contributed by atoms with Crippen molar-refractivity contribution in [1.82, 2.24) is 4.90 Å². The molecule has 0 aliphatic carbocycles. The summed E-state index contributed by atoms with van der Waals surface area (Å²) in [5.74, 6) is 1.32. The lowest BCUT2D eigenvalue weighted by molar-refractivity contribution is -0.117. The first-order valence-electron chi connectivity index (χ1n) is 8.01. The number of nitriles is 1. The minimum absolute atomic E-state index is 0.0520. The Hall–Kier alpha value is -2.26. The molecule has 1 aliphatic heterocycles. The number of carbonyl (C=O) groups is 1. The molecule has 1 heterocycles. The van der Waals surface area contributed by atoms with E-state index in [1.807, 2.05) is 19.1 Å². The van der Waals surface area contributed by atoms with Crippen LogP contribution in [0.2, 0.25) is 0 Å². The number of nitrogens with zero attached hydrogens (tertiary/aromatic N) is 2. The smallest absolute Gasteiger partial charge is 0.238 e. The summed E-state index contributed by atoms with van der Waals surface area (Å²) in [6.45, 7) is 5.08. The van der Waals surface area contributed by atoms with Crippen LogP contribution in [0.4, 0.5) is 5.69 Å². The molecule has 0 saturated carbocycles. The molecule has 0 atom stereocenters. The molecule has 0 spiro atoms. The maximum absolute atomic E-state index is 12.2. The van der Waals surface area contributed by atoms with Gasteiger partial charge in [0, 0.05) is 18.2 Å². The summed E-state index contributed by atoms with van der Waals surface area (Å²) in [4.78, 5) is 14.2. The van der Waals surface area contributed by atoms with E-state index in [2.05, 4.69) is 16.3 Å². The molecule has 23 heavy (non-hydrogen) atoms. The molecule has 1 N–H and O–H groups in total. The predicted octanol–water partition coefficient (Wildman–Crippen LogP) is 2.41. The van der Waals surface area contributed by atoms with Gasteiger partial charge in [-0.25, -0.2) is 0 Å². The van der Waals surface area contributed by atoms with E-state index < -0.39 is 0 Å². The Morgan fingerprint density at radius 2 is 2.09 bits per heavy atom. The third-order valence-corrected chi connectivity index (χ3v) is 3.65. The van der Waals surface area contributed by atoms with Crippen molar-refractivity contribution in [2.45, 2.75) is 26.2 Å². The first-order valence-corrected chi connectivity index (χ1v) is 8.01. The Kier molecular flexibility index (Phi) is 6.70. The van der Waals surface area contributed by atoms with Gasteiger partial charge in [-0.05, 0) is 38.1 Å². The Bertz CT molecular complexity index is 569. The maximum Gasteiger partial charge on any atom is 0.238 e. The lowest BCUT2D eigenvalue weighted by Gasteiger charge is -2.21. The minimum atomic E-state index is -0.0520. The van der Waals surface area contributed by atoms with Crippen LogP contribution in [0.25, 0.3) is 0 Å². The molecule has 0 saturated heterocycles. The normalized spacial score (nSPS) is 12.7. The second-order valence-electron chi connectivity index (χ2n) is 5.39. The van der Waals surface area contributed by atoms with Crippen LogP contribution in [0.15, 0.2) is 18.2 Å². The number of hydrogen-bond acceptors (Lipinski definition) is 5. The summed E-state index contributed by atoms with van der Waals surface area (Å²) in [7, 11) is 0. The lowest BCUT2D eigenvalue weighted by Crippen LogP contribution is -2.33. The molecule has 0 radical (unpaired) electrons. The number of anilines is 1. The van der Waals surface area contributed by atoms with Crippen LogP contribution in [0.5, 0.6) is 11.5 Å². The zero-order valence-electron chi connectivity index (χ0n) is 13.5. The van der Waals surface area contributed by atoms with Crippen molar-refractivity contribution in [1.29, 1.82) is 5.26 Å². The van der Waals surface area contributed by atoms with Gasteiger partial charge >= 0.3 is 0 Å². The Morgan fingerprint density at radius 1 is 1.30 bits per heavy atom. The van der Waals surface area contributed by atoms with E-state index in [1.165, 1.54) is 0 Å². The molecule has 1 aromatic carbocycles. The summed E-state index contributed by atoms with van der Waals surface area (Å²) in [6.07, 6.45) is 2.37. The third-order valence-electron chi connectivity index (χ3n) is 3.65. The average molecular weight is 317 g/mol. The van der Waals surface area contributed by atoms with Crippen LogP contribution in [-0.4, -0.2) is 43.7 Å². The molecular weight excluding hydrogens is 294 g/mol. The first-order chi connectivity index (χ1) is 11.2. The number of benzene rings is 1. The molecule has 1 aliphatic rings. The Labute approximate surface area is 137 Å². The fraction of sp³-hybridized carbons (Fsp3) is 0.529. The van der Waals surface area contributed by atoms with Crippen molar-refractivity contribution in [2.24, 2.45) is 0 Å². The molecule has 1 amide bonds. The number of likely N-dealkylation sites (N-methyl/N-ethyl adjacent to an activating group) is 1. The van der Waals surface area contributed by atoms with Crippen molar-refractivity contribution in [3.05, 3.63) is 18.2 Å². The van der Waals surface area contributed by atoms with E-state index in [9.17, 15) is 4.79 Å². The fourth-order valence-corrected chi connectivity index (χ4v) is 2.41. The van der Waals surface area contributed by atoms with Crippen LogP contribution in [0.1, 0.15) is 26.2 Å². The summed E-state index contributed by atoms with van der Waals surface area (Å²) in [6, 6.07) is 7.55. The van der Waals surface area contributed by atoms with Crippen LogP contribution < -0.4 is 14.8 Å². The maximum atomic E-state index is 12.2. The van der Waals surface area contributed by atoms with E-state index in [0.29, 0.717) is 43.4 Å². The topological polar surface area (TPSA) is 74.6 Å². The summed E-state index contributed by atoms with van der Waals surface area (Å²) < 4.78 is 11.0. The van der Waals surface area contributed by atoms with Crippen molar-refractivity contribution in [3.8, 4) is 17.6 Å². The lowest BCUT2D eigenvalue weighted by atomic mass is 10.2. The molecule has 0 unspecified atom stereocenters. The number of rotatable bonds is 8. The van der Waals surface area contributed by atoms with Gasteiger partial charge in [-0.2, -0.15) is 5.26 Å². The average Bonchev–Trinajstić information content (AvgIpc) is 2.57.